The van der Waals surface area contributed by atoms with Crippen molar-refractivity contribution >= 4 is 17.2 Å². The van der Waals surface area contributed by atoms with Gasteiger partial charge in [-0.2, -0.15) is 0 Å². The van der Waals surface area contributed by atoms with Crippen LogP contribution in [0.2, 0.25) is 0 Å². The number of hydrogen-bond acceptors (Lipinski definition) is 2. The lowest BCUT2D eigenvalue weighted by molar-refractivity contribution is -0.117. The number of Topliss-reactive ketones (excluding diaryl/α,β-unsaturated/α-hetero) is 1. The molecule has 0 saturated heterocycles. The number of carbonyl (C=O) groups excluding carboxylic acids is 1. The number of carbonyl (C=O) groups is 1. The lowest BCUT2D eigenvalue weighted by atomic mass is 9.76. The van der Waals surface area contributed by atoms with Crippen molar-refractivity contribution in [3.05, 3.63) is 29.3 Å². The first kappa shape index (κ1) is 17.4. The van der Waals surface area contributed by atoms with Crippen LogP contribution in [0.25, 0.3) is 0 Å². The number of rotatable bonds is 6. The van der Waals surface area contributed by atoms with E-state index >= 15 is 0 Å². The van der Waals surface area contributed by atoms with Crippen molar-refractivity contribution in [2.75, 3.05) is 0 Å². The predicted octanol–water partition coefficient (Wildman–Crippen LogP) is 5.83. The number of hydrogen-bond donors (Lipinski definition) is 0. The Labute approximate surface area is 146 Å². The lowest BCUT2D eigenvalue weighted by Crippen LogP contribution is -2.22. The fourth-order valence-electron chi connectivity index (χ4n) is 4.49. The maximum Gasteiger partial charge on any atom is 0.130 e. The second kappa shape index (κ2) is 7.63. The van der Waals surface area contributed by atoms with Gasteiger partial charge in [0.05, 0.1) is 5.69 Å². The summed E-state index contributed by atoms with van der Waals surface area (Å²) in [6.45, 7) is 6.10. The third-order valence-electron chi connectivity index (χ3n) is 5.89. The van der Waals surface area contributed by atoms with Crippen LogP contribution in [0.5, 0.6) is 0 Å². The average molecular weight is 325 g/mol. The molecule has 1 aromatic carbocycles. The largest absolute Gasteiger partial charge is 0.300 e. The Balaban J connectivity index is 1.46. The zero-order valence-electron chi connectivity index (χ0n) is 15.5. The van der Waals surface area contributed by atoms with Gasteiger partial charge in [0, 0.05) is 18.6 Å². The number of aliphatic imine (C=N–C) groups is 1. The van der Waals surface area contributed by atoms with Crippen LogP contribution in [0, 0.1) is 24.7 Å². The van der Waals surface area contributed by atoms with Crippen molar-refractivity contribution in [1.82, 2.24) is 0 Å². The van der Waals surface area contributed by atoms with Crippen molar-refractivity contribution in [1.29, 1.82) is 0 Å². The molecule has 1 fully saturated rings. The molecule has 0 spiro atoms. The summed E-state index contributed by atoms with van der Waals surface area (Å²) in [5.41, 5.74) is 5.40. The molecule has 0 aromatic heterocycles. The maximum absolute atomic E-state index is 11.2. The van der Waals surface area contributed by atoms with Gasteiger partial charge < -0.3 is 4.79 Å². The van der Waals surface area contributed by atoms with Crippen LogP contribution in [0.3, 0.4) is 0 Å². The minimum atomic E-state index is 0.334. The van der Waals surface area contributed by atoms with Gasteiger partial charge in [0.25, 0.3) is 0 Å². The highest BCUT2D eigenvalue weighted by atomic mass is 16.1. The van der Waals surface area contributed by atoms with Crippen LogP contribution < -0.4 is 0 Å². The second-order valence-electron chi connectivity index (χ2n) is 8.22. The van der Waals surface area contributed by atoms with E-state index in [2.05, 4.69) is 32.0 Å². The van der Waals surface area contributed by atoms with Crippen molar-refractivity contribution in [3.63, 3.8) is 0 Å². The van der Waals surface area contributed by atoms with Gasteiger partial charge in [-0.25, -0.2) is 0 Å². The van der Waals surface area contributed by atoms with E-state index in [4.69, 9.17) is 4.99 Å². The summed E-state index contributed by atoms with van der Waals surface area (Å²) in [5, 5.41) is 0. The van der Waals surface area contributed by atoms with E-state index < -0.39 is 0 Å². The molecule has 1 heterocycles. The Hall–Kier alpha value is -1.44. The summed E-state index contributed by atoms with van der Waals surface area (Å²) in [4.78, 5) is 16.1. The molecule has 3 rings (SSSR count). The van der Waals surface area contributed by atoms with Crippen LogP contribution in [-0.2, 0) is 11.2 Å². The standard InChI is InChI=1S/C22H31NO/c1-15(12-17(3)24)4-6-18-7-9-19(10-8-18)22-14-20-13-16(2)5-11-21(20)23-22/h5,11,13,15,18-19H,4,6-10,12,14H2,1-3H3. The number of nitrogens with zero attached hydrogens (tertiary/aromatic N) is 1. The van der Waals surface area contributed by atoms with Gasteiger partial charge in [-0.05, 0) is 68.9 Å². The molecule has 0 amide bonds. The fourth-order valence-corrected chi connectivity index (χ4v) is 4.49. The molecule has 0 bridgehead atoms. The van der Waals surface area contributed by atoms with Gasteiger partial charge in [0.15, 0.2) is 0 Å². The normalized spacial score (nSPS) is 24.4. The van der Waals surface area contributed by atoms with E-state index in [0.717, 1.165) is 18.8 Å². The lowest BCUT2D eigenvalue weighted by Gasteiger charge is -2.29. The van der Waals surface area contributed by atoms with Crippen molar-refractivity contribution in [3.8, 4) is 0 Å². The molecule has 2 aliphatic rings. The third-order valence-corrected chi connectivity index (χ3v) is 5.89. The van der Waals surface area contributed by atoms with Crippen LogP contribution in [0.1, 0.15) is 69.9 Å². The summed E-state index contributed by atoms with van der Waals surface area (Å²) in [7, 11) is 0. The van der Waals surface area contributed by atoms with Gasteiger partial charge in [0.2, 0.25) is 0 Å². The number of fused-ring (bicyclic) bond motifs is 1. The molecule has 24 heavy (non-hydrogen) atoms. The molecule has 1 atom stereocenters. The Kier molecular flexibility index (Phi) is 5.53. The smallest absolute Gasteiger partial charge is 0.130 e. The van der Waals surface area contributed by atoms with Gasteiger partial charge in [-0.1, -0.05) is 37.5 Å². The van der Waals surface area contributed by atoms with Crippen LogP contribution in [0.4, 0.5) is 5.69 Å². The topological polar surface area (TPSA) is 29.4 Å². The first-order valence-corrected chi connectivity index (χ1v) is 9.67. The SMILES string of the molecule is CC(=O)CC(C)CCC1CCC(C2=Nc3ccc(C)cc3C2)CC1. The van der Waals surface area contributed by atoms with Crippen molar-refractivity contribution in [2.24, 2.45) is 22.7 Å². The Morgan fingerprint density at radius 3 is 2.71 bits per heavy atom. The van der Waals surface area contributed by atoms with E-state index in [-0.39, 0.29) is 0 Å². The first-order valence-electron chi connectivity index (χ1n) is 9.67. The zero-order chi connectivity index (χ0) is 17.1. The van der Waals surface area contributed by atoms with Gasteiger partial charge in [0.1, 0.15) is 5.78 Å². The van der Waals surface area contributed by atoms with Gasteiger partial charge >= 0.3 is 0 Å². The highest BCUT2D eigenvalue weighted by Crippen LogP contribution is 2.37. The Morgan fingerprint density at radius 2 is 2.00 bits per heavy atom. The summed E-state index contributed by atoms with van der Waals surface area (Å²) in [6.07, 6.45) is 9.62. The van der Waals surface area contributed by atoms with E-state index in [0.29, 0.717) is 17.6 Å². The number of ketones is 1. The maximum atomic E-state index is 11.2. The molecule has 1 aromatic rings. The van der Waals surface area contributed by atoms with E-state index in [1.54, 1.807) is 6.92 Å². The van der Waals surface area contributed by atoms with Gasteiger partial charge in [-0.3, -0.25) is 4.99 Å². The molecule has 1 saturated carbocycles. The second-order valence-corrected chi connectivity index (χ2v) is 8.22. The van der Waals surface area contributed by atoms with Crippen molar-refractivity contribution < 1.29 is 4.79 Å². The number of benzene rings is 1. The third kappa shape index (κ3) is 4.34. The van der Waals surface area contributed by atoms with Crippen LogP contribution in [0.15, 0.2) is 23.2 Å². The zero-order valence-corrected chi connectivity index (χ0v) is 15.5. The van der Waals surface area contributed by atoms with Crippen LogP contribution >= 0.6 is 0 Å². The minimum absolute atomic E-state index is 0.334. The molecular weight excluding hydrogens is 294 g/mol. The first-order chi connectivity index (χ1) is 11.5. The molecule has 2 nitrogen and oxygen atoms in total. The quantitative estimate of drug-likeness (QED) is 0.647. The average Bonchev–Trinajstić information content (AvgIpc) is 2.96. The molecule has 2 heteroatoms. The fraction of sp³-hybridized carbons (Fsp3) is 0.636. The highest BCUT2D eigenvalue weighted by molar-refractivity contribution is 5.95. The summed E-state index contributed by atoms with van der Waals surface area (Å²) in [5.74, 6) is 2.45. The Bertz CT molecular complexity index is 623. The predicted molar refractivity (Wildman–Crippen MR) is 101 cm³/mol. The molecule has 0 radical (unpaired) electrons. The summed E-state index contributed by atoms with van der Waals surface area (Å²) >= 11 is 0. The molecule has 1 unspecified atom stereocenters. The molecule has 1 aliphatic heterocycles. The molecule has 130 valence electrons. The monoisotopic (exact) mass is 325 g/mol. The summed E-state index contributed by atoms with van der Waals surface area (Å²) in [6, 6.07) is 6.65. The number of aryl methyl sites for hydroxylation is 1. The van der Waals surface area contributed by atoms with E-state index in [9.17, 15) is 4.79 Å². The van der Waals surface area contributed by atoms with E-state index in [1.165, 1.54) is 61.1 Å². The summed E-state index contributed by atoms with van der Waals surface area (Å²) < 4.78 is 0. The minimum Gasteiger partial charge on any atom is -0.300 e. The molecular formula is C22H31NO. The van der Waals surface area contributed by atoms with Gasteiger partial charge in [-0.15, -0.1) is 0 Å². The van der Waals surface area contributed by atoms with Crippen LogP contribution in [-0.4, -0.2) is 11.5 Å². The van der Waals surface area contributed by atoms with E-state index in [1.807, 2.05) is 0 Å². The molecule has 0 N–H and O–H groups in total. The molecule has 1 aliphatic carbocycles. The Morgan fingerprint density at radius 1 is 1.25 bits per heavy atom. The van der Waals surface area contributed by atoms with Crippen molar-refractivity contribution in [2.45, 2.75) is 72.1 Å². The highest BCUT2D eigenvalue weighted by Gasteiger charge is 2.27.